The molecule has 2 atom stereocenters. The summed E-state index contributed by atoms with van der Waals surface area (Å²) in [5, 5.41) is 13.0. The number of alkyl halides is 1. The van der Waals surface area contributed by atoms with Crippen LogP contribution in [0.1, 0.15) is 25.7 Å². The van der Waals surface area contributed by atoms with E-state index in [9.17, 15) is 9.90 Å². The molecule has 1 aliphatic rings. The fourth-order valence-corrected chi connectivity index (χ4v) is 2.03. The van der Waals surface area contributed by atoms with Crippen molar-refractivity contribution >= 4 is 21.8 Å². The number of hydrogen-bond donors (Lipinski definition) is 2. The summed E-state index contributed by atoms with van der Waals surface area (Å²) < 4.78 is 0. The van der Waals surface area contributed by atoms with Gasteiger partial charge in [-0.05, 0) is 12.8 Å². The summed E-state index contributed by atoms with van der Waals surface area (Å²) in [5.41, 5.74) is 0. The van der Waals surface area contributed by atoms with E-state index in [0.29, 0.717) is 18.3 Å². The summed E-state index contributed by atoms with van der Waals surface area (Å²) in [5.74, 6) is 0.343. The first-order valence-electron chi connectivity index (χ1n) is 4.74. The van der Waals surface area contributed by atoms with E-state index in [4.69, 9.17) is 0 Å². The number of carbonyl (C=O) groups is 1. The Hall–Kier alpha value is -0.0900. The lowest BCUT2D eigenvalue weighted by Gasteiger charge is -2.14. The van der Waals surface area contributed by atoms with Gasteiger partial charge < -0.3 is 10.4 Å². The molecule has 1 amide bonds. The average molecular weight is 250 g/mol. The molecule has 0 aromatic carbocycles. The zero-order valence-corrected chi connectivity index (χ0v) is 9.22. The quantitative estimate of drug-likeness (QED) is 0.733. The van der Waals surface area contributed by atoms with Crippen molar-refractivity contribution in [2.75, 3.05) is 11.9 Å². The van der Waals surface area contributed by atoms with Crippen LogP contribution < -0.4 is 5.32 Å². The van der Waals surface area contributed by atoms with Gasteiger partial charge in [0, 0.05) is 24.2 Å². The van der Waals surface area contributed by atoms with E-state index >= 15 is 0 Å². The number of nitrogens with one attached hydrogen (secondary N) is 1. The van der Waals surface area contributed by atoms with Crippen LogP contribution in [-0.4, -0.2) is 29.0 Å². The van der Waals surface area contributed by atoms with Gasteiger partial charge >= 0.3 is 0 Å². The maximum Gasteiger partial charge on any atom is 0.220 e. The summed E-state index contributed by atoms with van der Waals surface area (Å²) in [7, 11) is 0. The molecule has 0 aliphatic heterocycles. The molecule has 0 aromatic heterocycles. The normalized spacial score (nSPS) is 27.5. The Morgan fingerprint density at radius 1 is 1.54 bits per heavy atom. The highest BCUT2D eigenvalue weighted by Crippen LogP contribution is 2.24. The molecule has 76 valence electrons. The zero-order chi connectivity index (χ0) is 9.68. The van der Waals surface area contributed by atoms with Gasteiger partial charge in [0.05, 0.1) is 6.10 Å². The monoisotopic (exact) mass is 249 g/mol. The number of hydrogen-bond acceptors (Lipinski definition) is 2. The van der Waals surface area contributed by atoms with Crippen molar-refractivity contribution in [2.45, 2.75) is 31.8 Å². The molecule has 0 saturated heterocycles. The average Bonchev–Trinajstić information content (AvgIpc) is 2.48. The molecule has 4 heteroatoms. The maximum atomic E-state index is 11.1. The van der Waals surface area contributed by atoms with Crippen molar-refractivity contribution in [1.82, 2.24) is 5.32 Å². The van der Waals surface area contributed by atoms with Crippen LogP contribution in [0.5, 0.6) is 0 Å². The number of aliphatic hydroxyl groups excluding tert-OH is 1. The molecular formula is C9H16BrNO2. The zero-order valence-electron chi connectivity index (χ0n) is 7.63. The molecule has 0 spiro atoms. The Balaban J connectivity index is 2.14. The lowest BCUT2D eigenvalue weighted by atomic mass is 10.1. The van der Waals surface area contributed by atoms with Crippen molar-refractivity contribution in [3.63, 3.8) is 0 Å². The largest absolute Gasteiger partial charge is 0.393 e. The van der Waals surface area contributed by atoms with Crippen LogP contribution in [0.4, 0.5) is 0 Å². The van der Waals surface area contributed by atoms with Crippen molar-refractivity contribution in [3.8, 4) is 0 Å². The van der Waals surface area contributed by atoms with E-state index in [1.165, 1.54) is 0 Å². The van der Waals surface area contributed by atoms with E-state index in [-0.39, 0.29) is 17.9 Å². The predicted octanol–water partition coefficient (Wildman–Crippen LogP) is 1.05. The highest BCUT2D eigenvalue weighted by Gasteiger charge is 2.24. The molecule has 3 nitrogen and oxygen atoms in total. The smallest absolute Gasteiger partial charge is 0.220 e. The van der Waals surface area contributed by atoms with Gasteiger partial charge in [-0.2, -0.15) is 0 Å². The predicted molar refractivity (Wildman–Crippen MR) is 54.8 cm³/mol. The first-order chi connectivity index (χ1) is 6.24. The number of carbonyl (C=O) groups excluding carboxylic acids is 1. The minimum Gasteiger partial charge on any atom is -0.393 e. The molecule has 1 saturated carbocycles. The Bertz CT molecular complexity index is 175. The van der Waals surface area contributed by atoms with E-state index < -0.39 is 0 Å². The van der Waals surface area contributed by atoms with Crippen LogP contribution in [-0.2, 0) is 4.79 Å². The molecule has 1 rings (SSSR count). The molecule has 0 aromatic rings. The summed E-state index contributed by atoms with van der Waals surface area (Å²) in [6, 6.07) is 0. The minimum atomic E-state index is -0.204. The molecule has 0 heterocycles. The van der Waals surface area contributed by atoms with Crippen molar-refractivity contribution in [3.05, 3.63) is 0 Å². The van der Waals surface area contributed by atoms with Crippen molar-refractivity contribution in [1.29, 1.82) is 0 Å². The van der Waals surface area contributed by atoms with Crippen molar-refractivity contribution in [2.24, 2.45) is 5.92 Å². The molecule has 2 N–H and O–H groups in total. The Morgan fingerprint density at radius 2 is 2.31 bits per heavy atom. The van der Waals surface area contributed by atoms with Crippen LogP contribution in [0.25, 0.3) is 0 Å². The third-order valence-corrected chi connectivity index (χ3v) is 2.90. The van der Waals surface area contributed by atoms with Gasteiger partial charge in [-0.3, -0.25) is 4.79 Å². The van der Waals surface area contributed by atoms with Crippen LogP contribution in [0.3, 0.4) is 0 Å². The number of amides is 1. The summed E-state index contributed by atoms with van der Waals surface area (Å²) >= 11 is 3.21. The fraction of sp³-hybridized carbons (Fsp3) is 0.889. The van der Waals surface area contributed by atoms with Gasteiger partial charge in [0.1, 0.15) is 0 Å². The summed E-state index contributed by atoms with van der Waals surface area (Å²) in [4.78, 5) is 11.1. The van der Waals surface area contributed by atoms with Gasteiger partial charge in [-0.15, -0.1) is 0 Å². The fourth-order valence-electron chi connectivity index (χ4n) is 1.67. The molecule has 0 bridgehead atoms. The molecule has 13 heavy (non-hydrogen) atoms. The first kappa shape index (κ1) is 11.0. The van der Waals surface area contributed by atoms with E-state index in [2.05, 4.69) is 21.2 Å². The second-order valence-corrected chi connectivity index (χ2v) is 4.29. The van der Waals surface area contributed by atoms with Gasteiger partial charge in [0.2, 0.25) is 5.91 Å². The number of aliphatic hydroxyl groups is 1. The van der Waals surface area contributed by atoms with Gasteiger partial charge in [-0.1, -0.05) is 22.4 Å². The molecule has 0 radical (unpaired) electrons. The second kappa shape index (κ2) is 5.60. The topological polar surface area (TPSA) is 49.3 Å². The summed E-state index contributed by atoms with van der Waals surface area (Å²) in [6.45, 7) is 0.632. The maximum absolute atomic E-state index is 11.1. The lowest BCUT2D eigenvalue weighted by molar-refractivity contribution is -0.120. The van der Waals surface area contributed by atoms with Crippen LogP contribution in [0.2, 0.25) is 0 Å². The lowest BCUT2D eigenvalue weighted by Crippen LogP contribution is -2.32. The van der Waals surface area contributed by atoms with Crippen LogP contribution in [0.15, 0.2) is 0 Å². The Morgan fingerprint density at radius 3 is 2.85 bits per heavy atom. The van der Waals surface area contributed by atoms with Gasteiger partial charge in [-0.25, -0.2) is 0 Å². The molecule has 2 unspecified atom stereocenters. The van der Waals surface area contributed by atoms with E-state index in [0.717, 1.165) is 19.3 Å². The van der Waals surface area contributed by atoms with E-state index in [1.807, 2.05) is 0 Å². The van der Waals surface area contributed by atoms with Gasteiger partial charge in [0.25, 0.3) is 0 Å². The number of rotatable bonds is 4. The molecule has 1 fully saturated rings. The second-order valence-electron chi connectivity index (χ2n) is 3.50. The van der Waals surface area contributed by atoms with Crippen LogP contribution in [0, 0.1) is 5.92 Å². The highest BCUT2D eigenvalue weighted by atomic mass is 79.9. The highest BCUT2D eigenvalue weighted by molar-refractivity contribution is 9.09. The standard InChI is InChI=1S/C9H16BrNO2/c10-5-4-9(13)11-6-7-2-1-3-8(7)12/h7-8,12H,1-6H2,(H,11,13). The molecular weight excluding hydrogens is 234 g/mol. The third kappa shape index (κ3) is 3.65. The molecule has 1 aliphatic carbocycles. The third-order valence-electron chi connectivity index (χ3n) is 2.50. The van der Waals surface area contributed by atoms with Crippen LogP contribution >= 0.6 is 15.9 Å². The minimum absolute atomic E-state index is 0.0657. The summed E-state index contributed by atoms with van der Waals surface area (Å²) in [6.07, 6.45) is 3.32. The Labute approximate surface area is 87.0 Å². The Kier molecular flexibility index (Phi) is 4.73. The first-order valence-corrected chi connectivity index (χ1v) is 5.87. The van der Waals surface area contributed by atoms with Gasteiger partial charge in [0.15, 0.2) is 0 Å². The van der Waals surface area contributed by atoms with E-state index in [1.54, 1.807) is 0 Å². The SMILES string of the molecule is O=C(CCBr)NCC1CCCC1O. The van der Waals surface area contributed by atoms with Crippen molar-refractivity contribution < 1.29 is 9.90 Å². The number of halogens is 1.